The van der Waals surface area contributed by atoms with Gasteiger partial charge in [-0.2, -0.15) is 8.78 Å². The number of halogens is 3. The van der Waals surface area contributed by atoms with E-state index in [2.05, 4.69) is 9.64 Å². The van der Waals surface area contributed by atoms with E-state index in [9.17, 15) is 8.78 Å². The second kappa shape index (κ2) is 7.35. The maximum atomic E-state index is 12.4. The second-order valence-corrected chi connectivity index (χ2v) is 5.57. The van der Waals surface area contributed by atoms with Gasteiger partial charge in [0.1, 0.15) is 5.75 Å². The van der Waals surface area contributed by atoms with Gasteiger partial charge in [0.25, 0.3) is 0 Å². The Labute approximate surface area is 127 Å². The van der Waals surface area contributed by atoms with Crippen LogP contribution in [0.5, 0.6) is 5.75 Å². The van der Waals surface area contributed by atoms with Gasteiger partial charge in [0.2, 0.25) is 0 Å². The summed E-state index contributed by atoms with van der Waals surface area (Å²) in [7, 11) is 0. The molecule has 0 bridgehead atoms. The van der Waals surface area contributed by atoms with E-state index in [1.54, 1.807) is 6.07 Å². The predicted molar refractivity (Wildman–Crippen MR) is 76.8 cm³/mol. The van der Waals surface area contributed by atoms with E-state index in [0.717, 1.165) is 0 Å². The highest BCUT2D eigenvalue weighted by Gasteiger charge is 2.24. The summed E-state index contributed by atoms with van der Waals surface area (Å²) in [4.78, 5) is 2.10. The van der Waals surface area contributed by atoms with Crippen LogP contribution in [0.15, 0.2) is 18.2 Å². The normalized spacial score (nSPS) is 21.5. The summed E-state index contributed by atoms with van der Waals surface area (Å²) in [6.45, 7) is 1.43. The zero-order valence-electron chi connectivity index (χ0n) is 11.8. The number of alkyl halides is 2. The average molecular weight is 321 g/mol. The topological polar surface area (TPSA) is 47.7 Å². The summed E-state index contributed by atoms with van der Waals surface area (Å²) in [5.74, 6) is 0.151. The first kappa shape index (κ1) is 16.4. The molecule has 1 heterocycles. The molecule has 1 fully saturated rings. The van der Waals surface area contributed by atoms with Gasteiger partial charge in [-0.3, -0.25) is 4.90 Å². The fourth-order valence-corrected chi connectivity index (χ4v) is 2.51. The second-order valence-electron chi connectivity index (χ2n) is 5.13. The van der Waals surface area contributed by atoms with Crippen LogP contribution >= 0.6 is 11.6 Å². The van der Waals surface area contributed by atoms with E-state index >= 15 is 0 Å². The Bertz CT molecular complexity index is 474. The minimum absolute atomic E-state index is 0.0580. The van der Waals surface area contributed by atoms with E-state index in [1.807, 2.05) is 6.92 Å². The molecular weight excluding hydrogens is 302 g/mol. The third-order valence-corrected chi connectivity index (χ3v) is 3.63. The molecule has 118 valence electrons. The van der Waals surface area contributed by atoms with Gasteiger partial charge in [-0.05, 0) is 25.1 Å². The van der Waals surface area contributed by atoms with Crippen molar-refractivity contribution >= 4 is 11.6 Å². The highest BCUT2D eigenvalue weighted by atomic mass is 35.5. The molecule has 21 heavy (non-hydrogen) atoms. The van der Waals surface area contributed by atoms with E-state index in [0.29, 0.717) is 36.8 Å². The number of benzene rings is 1. The number of ether oxygens (including phenoxy) is 2. The fourth-order valence-electron chi connectivity index (χ4n) is 2.32. The van der Waals surface area contributed by atoms with Crippen molar-refractivity contribution in [3.63, 3.8) is 0 Å². The van der Waals surface area contributed by atoms with E-state index in [1.165, 1.54) is 12.1 Å². The van der Waals surface area contributed by atoms with Crippen molar-refractivity contribution < 1.29 is 18.3 Å². The summed E-state index contributed by atoms with van der Waals surface area (Å²) in [5, 5.41) is 0.489. The highest BCUT2D eigenvalue weighted by Crippen LogP contribution is 2.26. The Kier molecular flexibility index (Phi) is 5.75. The molecule has 0 aromatic heterocycles. The Balaban J connectivity index is 2.09. The first-order valence-electron chi connectivity index (χ1n) is 6.78. The monoisotopic (exact) mass is 320 g/mol. The molecule has 1 saturated heterocycles. The zero-order chi connectivity index (χ0) is 15.4. The smallest absolute Gasteiger partial charge is 0.387 e. The minimum atomic E-state index is -2.86. The van der Waals surface area contributed by atoms with Crippen LogP contribution in [0.4, 0.5) is 8.78 Å². The molecule has 0 radical (unpaired) electrons. The molecule has 0 amide bonds. The van der Waals surface area contributed by atoms with Gasteiger partial charge in [-0.1, -0.05) is 11.6 Å². The largest absolute Gasteiger partial charge is 0.434 e. The molecular formula is C14H19ClF2N2O2. The minimum Gasteiger partial charge on any atom is -0.434 e. The molecule has 0 spiro atoms. The van der Waals surface area contributed by atoms with Gasteiger partial charge in [0.15, 0.2) is 0 Å². The first-order chi connectivity index (χ1) is 9.95. The lowest BCUT2D eigenvalue weighted by molar-refractivity contribution is -0.0535. The van der Waals surface area contributed by atoms with Crippen LogP contribution in [0.3, 0.4) is 0 Å². The van der Waals surface area contributed by atoms with Crippen LogP contribution in [-0.4, -0.2) is 43.4 Å². The van der Waals surface area contributed by atoms with Crippen LogP contribution in [-0.2, 0) is 11.3 Å². The maximum absolute atomic E-state index is 12.4. The first-order valence-corrected chi connectivity index (χ1v) is 7.16. The van der Waals surface area contributed by atoms with Crippen LogP contribution in [0.1, 0.15) is 12.5 Å². The van der Waals surface area contributed by atoms with Crippen molar-refractivity contribution in [2.24, 2.45) is 5.73 Å². The van der Waals surface area contributed by atoms with Gasteiger partial charge < -0.3 is 15.2 Å². The van der Waals surface area contributed by atoms with Gasteiger partial charge in [0.05, 0.1) is 12.7 Å². The Morgan fingerprint density at radius 2 is 2.29 bits per heavy atom. The molecule has 0 saturated carbocycles. The number of nitrogens with zero attached hydrogens (tertiary/aromatic N) is 1. The molecule has 1 aromatic rings. The third kappa shape index (κ3) is 4.78. The lowest BCUT2D eigenvalue weighted by Crippen LogP contribution is -2.49. The van der Waals surface area contributed by atoms with Crippen molar-refractivity contribution in [3.8, 4) is 5.75 Å². The summed E-state index contributed by atoms with van der Waals surface area (Å²) >= 11 is 5.94. The van der Waals surface area contributed by atoms with Crippen LogP contribution in [0.25, 0.3) is 0 Å². The summed E-state index contributed by atoms with van der Waals surface area (Å²) in [6, 6.07) is 4.57. The number of morpholine rings is 1. The maximum Gasteiger partial charge on any atom is 0.387 e. The molecule has 2 N–H and O–H groups in total. The number of nitrogens with two attached hydrogens (primary N) is 1. The van der Waals surface area contributed by atoms with Gasteiger partial charge >= 0.3 is 6.61 Å². The predicted octanol–water partition coefficient (Wildman–Crippen LogP) is 2.49. The fraction of sp³-hybridized carbons (Fsp3) is 0.571. The SMILES string of the molecule is CC(N)C1CN(Cc2cc(Cl)ccc2OC(F)F)CCO1. The van der Waals surface area contributed by atoms with Crippen LogP contribution in [0.2, 0.25) is 5.02 Å². The molecule has 1 aliphatic heterocycles. The molecule has 0 aliphatic carbocycles. The van der Waals surface area contributed by atoms with Crippen molar-refractivity contribution in [1.29, 1.82) is 0 Å². The lowest BCUT2D eigenvalue weighted by Gasteiger charge is -2.35. The van der Waals surface area contributed by atoms with Gasteiger partial charge in [-0.25, -0.2) is 0 Å². The Morgan fingerprint density at radius 3 is 2.95 bits per heavy atom. The average Bonchev–Trinajstić information content (AvgIpc) is 2.42. The van der Waals surface area contributed by atoms with Crippen LogP contribution < -0.4 is 10.5 Å². The molecule has 4 nitrogen and oxygen atoms in total. The number of hydrogen-bond donors (Lipinski definition) is 1. The van der Waals surface area contributed by atoms with Gasteiger partial charge in [0, 0.05) is 36.3 Å². The van der Waals surface area contributed by atoms with Crippen molar-refractivity contribution in [1.82, 2.24) is 4.90 Å². The summed E-state index contributed by atoms with van der Waals surface area (Å²) < 4.78 is 35.0. The standard InChI is InChI=1S/C14H19ClF2N2O2/c1-9(18)13-8-19(4-5-20-13)7-10-6-11(15)2-3-12(10)21-14(16)17/h2-3,6,9,13-14H,4-5,7-8,18H2,1H3. The van der Waals surface area contributed by atoms with Crippen molar-refractivity contribution in [2.45, 2.75) is 32.2 Å². The summed E-state index contributed by atoms with van der Waals surface area (Å²) in [5.41, 5.74) is 6.48. The molecule has 1 aromatic carbocycles. The quantitative estimate of drug-likeness (QED) is 0.905. The molecule has 1 aliphatic rings. The van der Waals surface area contributed by atoms with Crippen molar-refractivity contribution in [2.75, 3.05) is 19.7 Å². The lowest BCUT2D eigenvalue weighted by atomic mass is 10.1. The summed E-state index contributed by atoms with van der Waals surface area (Å²) in [6.07, 6.45) is -0.0580. The Morgan fingerprint density at radius 1 is 1.52 bits per heavy atom. The number of rotatable bonds is 5. The molecule has 7 heteroatoms. The van der Waals surface area contributed by atoms with E-state index in [-0.39, 0.29) is 17.9 Å². The number of hydrogen-bond acceptors (Lipinski definition) is 4. The molecule has 2 atom stereocenters. The van der Waals surface area contributed by atoms with Crippen LogP contribution in [0, 0.1) is 0 Å². The molecule has 2 rings (SSSR count). The highest BCUT2D eigenvalue weighted by molar-refractivity contribution is 6.30. The Hall–Kier alpha value is -0.950. The van der Waals surface area contributed by atoms with E-state index < -0.39 is 6.61 Å². The molecule has 2 unspecified atom stereocenters. The van der Waals surface area contributed by atoms with Crippen molar-refractivity contribution in [3.05, 3.63) is 28.8 Å². The third-order valence-electron chi connectivity index (χ3n) is 3.40. The van der Waals surface area contributed by atoms with Gasteiger partial charge in [-0.15, -0.1) is 0 Å². The van der Waals surface area contributed by atoms with E-state index in [4.69, 9.17) is 22.1 Å². The zero-order valence-corrected chi connectivity index (χ0v) is 12.5.